The van der Waals surface area contributed by atoms with Gasteiger partial charge in [0.1, 0.15) is 12.4 Å². The second kappa shape index (κ2) is 13.5. The molecule has 1 aliphatic rings. The Labute approximate surface area is 227 Å². The lowest BCUT2D eigenvalue weighted by molar-refractivity contribution is -0.133. The van der Waals surface area contributed by atoms with Crippen molar-refractivity contribution in [3.8, 4) is 0 Å². The monoisotopic (exact) mass is 538 g/mol. The van der Waals surface area contributed by atoms with E-state index in [2.05, 4.69) is 10.2 Å². The van der Waals surface area contributed by atoms with Crippen LogP contribution in [0.25, 0.3) is 0 Å². The van der Waals surface area contributed by atoms with E-state index in [-0.39, 0.29) is 24.3 Å². The lowest BCUT2D eigenvalue weighted by Gasteiger charge is -2.31. The van der Waals surface area contributed by atoms with Crippen LogP contribution in [0.4, 0.5) is 14.9 Å². The van der Waals surface area contributed by atoms with Gasteiger partial charge in [-0.25, -0.2) is 9.18 Å². The number of carbonyl (C=O) groups is 2. The zero-order valence-electron chi connectivity index (χ0n) is 22.0. The Morgan fingerprint density at radius 2 is 1.71 bits per heavy atom. The zero-order valence-corrected chi connectivity index (χ0v) is 22.8. The Bertz CT molecular complexity index is 1210. The number of anilines is 1. The highest BCUT2D eigenvalue weighted by atomic mass is 32.1. The smallest absolute Gasteiger partial charge is 0.322 e. The molecule has 1 fully saturated rings. The molecule has 1 aliphatic heterocycles. The summed E-state index contributed by atoms with van der Waals surface area (Å²) in [6.45, 7) is 8.65. The number of nitrogens with zero attached hydrogens (tertiary/aromatic N) is 3. The number of aryl methyl sites for hydroxylation is 2. The molecule has 0 spiro atoms. The van der Waals surface area contributed by atoms with Crippen LogP contribution in [0, 0.1) is 19.7 Å². The van der Waals surface area contributed by atoms with Crippen molar-refractivity contribution in [2.24, 2.45) is 0 Å². The van der Waals surface area contributed by atoms with Gasteiger partial charge in [0.25, 0.3) is 0 Å². The second-order valence-electron chi connectivity index (χ2n) is 9.51. The van der Waals surface area contributed by atoms with E-state index >= 15 is 0 Å². The van der Waals surface area contributed by atoms with E-state index in [1.54, 1.807) is 33.3 Å². The summed E-state index contributed by atoms with van der Waals surface area (Å²) in [6, 6.07) is 17.5. The summed E-state index contributed by atoms with van der Waals surface area (Å²) in [4.78, 5) is 34.9. The molecule has 9 heteroatoms. The first-order valence-electron chi connectivity index (χ1n) is 12.9. The Kier molecular flexibility index (Phi) is 9.86. The number of nitrogens with one attached hydrogen (secondary N) is 1. The lowest BCUT2D eigenvalue weighted by Crippen LogP contribution is -2.48. The predicted octanol–water partition coefficient (Wildman–Crippen LogP) is 4.90. The Balaban J connectivity index is 1.51. The van der Waals surface area contributed by atoms with Gasteiger partial charge in [-0.1, -0.05) is 30.3 Å². The topological polar surface area (TPSA) is 65.1 Å². The van der Waals surface area contributed by atoms with Gasteiger partial charge in [-0.3, -0.25) is 9.69 Å². The number of carbonyl (C=O) groups excluding carboxylic acids is 2. The molecule has 1 aromatic heterocycles. The molecule has 4 rings (SSSR count). The summed E-state index contributed by atoms with van der Waals surface area (Å²) in [5, 5.41) is 2.98. The molecule has 1 N–H and O–H groups in total. The third-order valence-electron chi connectivity index (χ3n) is 6.57. The number of halogens is 1. The predicted molar refractivity (Wildman–Crippen MR) is 149 cm³/mol. The van der Waals surface area contributed by atoms with Crippen LogP contribution in [0.1, 0.15) is 20.9 Å². The number of morpholine rings is 1. The minimum atomic E-state index is -0.317. The fourth-order valence-electron chi connectivity index (χ4n) is 4.31. The molecular formula is C29H35FN4O3S. The molecule has 0 aliphatic carbocycles. The van der Waals surface area contributed by atoms with Crippen molar-refractivity contribution in [1.29, 1.82) is 0 Å². The first kappa shape index (κ1) is 27.8. The number of amides is 3. The van der Waals surface area contributed by atoms with Crippen molar-refractivity contribution in [2.45, 2.75) is 26.9 Å². The number of thiophene rings is 1. The van der Waals surface area contributed by atoms with Crippen LogP contribution >= 0.6 is 11.3 Å². The van der Waals surface area contributed by atoms with Crippen molar-refractivity contribution < 1.29 is 18.7 Å². The molecule has 2 aromatic carbocycles. The second-order valence-corrected chi connectivity index (χ2v) is 10.9. The normalized spacial score (nSPS) is 13.8. The molecule has 7 nitrogen and oxygen atoms in total. The van der Waals surface area contributed by atoms with Gasteiger partial charge in [-0.2, -0.15) is 0 Å². The van der Waals surface area contributed by atoms with Crippen molar-refractivity contribution in [3.05, 3.63) is 87.4 Å². The van der Waals surface area contributed by atoms with E-state index < -0.39 is 0 Å². The van der Waals surface area contributed by atoms with Crippen LogP contribution in [0.5, 0.6) is 0 Å². The van der Waals surface area contributed by atoms with Crippen molar-refractivity contribution in [3.63, 3.8) is 0 Å². The number of benzene rings is 2. The van der Waals surface area contributed by atoms with Gasteiger partial charge in [0.15, 0.2) is 0 Å². The highest BCUT2D eigenvalue weighted by Crippen LogP contribution is 2.20. The van der Waals surface area contributed by atoms with E-state index in [4.69, 9.17) is 4.74 Å². The molecule has 202 valence electrons. The van der Waals surface area contributed by atoms with Crippen LogP contribution in [0.15, 0.2) is 60.7 Å². The molecule has 0 atom stereocenters. The number of rotatable bonds is 10. The third kappa shape index (κ3) is 8.11. The van der Waals surface area contributed by atoms with Gasteiger partial charge in [0, 0.05) is 48.2 Å². The molecule has 2 heterocycles. The Morgan fingerprint density at radius 3 is 2.39 bits per heavy atom. The minimum Gasteiger partial charge on any atom is -0.379 e. The van der Waals surface area contributed by atoms with E-state index in [9.17, 15) is 14.0 Å². The number of hydrogen-bond donors (Lipinski definition) is 1. The summed E-state index contributed by atoms with van der Waals surface area (Å²) in [5.41, 5.74) is 2.50. The summed E-state index contributed by atoms with van der Waals surface area (Å²) >= 11 is 1.64. The summed E-state index contributed by atoms with van der Waals surface area (Å²) < 4.78 is 18.9. The maximum Gasteiger partial charge on any atom is 0.322 e. The van der Waals surface area contributed by atoms with Crippen LogP contribution in [-0.4, -0.2) is 72.6 Å². The minimum absolute atomic E-state index is 0.0619. The van der Waals surface area contributed by atoms with E-state index in [0.717, 1.165) is 34.8 Å². The highest BCUT2D eigenvalue weighted by Gasteiger charge is 2.24. The maximum absolute atomic E-state index is 13.7. The number of ether oxygens (including phenoxy) is 1. The SMILES string of the molecule is Cc1ccc(CN(Cc2ccc(F)cc2)C(=O)CN(CCN2CCOCC2)C(=O)Nc2ccccc2C)s1. The fourth-order valence-corrected chi connectivity index (χ4v) is 5.22. The van der Waals surface area contributed by atoms with E-state index in [0.29, 0.717) is 39.4 Å². The van der Waals surface area contributed by atoms with Crippen LogP contribution in [-0.2, 0) is 22.6 Å². The quantitative estimate of drug-likeness (QED) is 0.399. The number of hydrogen-bond acceptors (Lipinski definition) is 5. The molecule has 38 heavy (non-hydrogen) atoms. The van der Waals surface area contributed by atoms with E-state index in [1.807, 2.05) is 50.2 Å². The average Bonchev–Trinajstić information content (AvgIpc) is 3.33. The summed E-state index contributed by atoms with van der Waals surface area (Å²) in [7, 11) is 0. The summed E-state index contributed by atoms with van der Waals surface area (Å²) in [5.74, 6) is -0.482. The van der Waals surface area contributed by atoms with Crippen LogP contribution in [0.2, 0.25) is 0 Å². The fraction of sp³-hybridized carbons (Fsp3) is 0.379. The van der Waals surface area contributed by atoms with Gasteiger partial charge in [-0.05, 0) is 55.3 Å². The molecule has 0 unspecified atom stereocenters. The van der Waals surface area contributed by atoms with Crippen LogP contribution < -0.4 is 5.32 Å². The lowest BCUT2D eigenvalue weighted by atomic mass is 10.2. The molecular weight excluding hydrogens is 503 g/mol. The third-order valence-corrected chi connectivity index (χ3v) is 7.56. The van der Waals surface area contributed by atoms with Gasteiger partial charge < -0.3 is 19.9 Å². The molecule has 0 radical (unpaired) electrons. The van der Waals surface area contributed by atoms with Crippen molar-refractivity contribution in [1.82, 2.24) is 14.7 Å². The number of para-hydroxylation sites is 1. The standard InChI is InChI=1S/C29H35FN4O3S/c1-22-5-3-4-6-27(22)31-29(36)33(14-13-32-15-17-37-18-16-32)21-28(35)34(20-26-12-7-23(2)38-26)19-24-8-10-25(30)11-9-24/h3-12H,13-21H2,1-2H3,(H,31,36). The molecule has 3 amide bonds. The number of urea groups is 1. The average molecular weight is 539 g/mol. The van der Waals surface area contributed by atoms with Gasteiger partial charge in [0.05, 0.1) is 19.8 Å². The molecule has 1 saturated heterocycles. The molecule has 0 saturated carbocycles. The Morgan fingerprint density at radius 1 is 0.974 bits per heavy atom. The first-order chi connectivity index (χ1) is 18.4. The largest absolute Gasteiger partial charge is 0.379 e. The van der Waals surface area contributed by atoms with Gasteiger partial charge in [-0.15, -0.1) is 11.3 Å². The van der Waals surface area contributed by atoms with Gasteiger partial charge >= 0.3 is 6.03 Å². The molecule has 0 bridgehead atoms. The zero-order chi connectivity index (χ0) is 26.9. The first-order valence-corrected chi connectivity index (χ1v) is 13.7. The van der Waals surface area contributed by atoms with Crippen molar-refractivity contribution >= 4 is 29.0 Å². The maximum atomic E-state index is 13.7. The van der Waals surface area contributed by atoms with Crippen LogP contribution in [0.3, 0.4) is 0 Å². The summed E-state index contributed by atoms with van der Waals surface area (Å²) in [6.07, 6.45) is 0. The van der Waals surface area contributed by atoms with E-state index in [1.165, 1.54) is 17.0 Å². The van der Waals surface area contributed by atoms with Crippen molar-refractivity contribution in [2.75, 3.05) is 51.3 Å². The highest BCUT2D eigenvalue weighted by molar-refractivity contribution is 7.11. The Hall–Kier alpha value is -3.27. The van der Waals surface area contributed by atoms with Gasteiger partial charge in [0.2, 0.25) is 5.91 Å². The molecule has 3 aromatic rings.